The Morgan fingerprint density at radius 1 is 1.36 bits per heavy atom. The van der Waals surface area contributed by atoms with Crippen molar-refractivity contribution in [3.8, 4) is 11.5 Å². The van der Waals surface area contributed by atoms with Gasteiger partial charge in [0.25, 0.3) is 0 Å². The van der Waals surface area contributed by atoms with Gasteiger partial charge in [-0.1, -0.05) is 32.0 Å². The van der Waals surface area contributed by atoms with Crippen LogP contribution < -0.4 is 11.1 Å². The second kappa shape index (κ2) is 9.85. The molecule has 1 unspecified atom stereocenters. The molecule has 3 N–H and O–H groups in total. The maximum atomic E-state index is 12.1. The summed E-state index contributed by atoms with van der Waals surface area (Å²) < 4.78 is 5.50. The maximum Gasteiger partial charge on any atom is 0.230 e. The van der Waals surface area contributed by atoms with E-state index >= 15 is 0 Å². The van der Waals surface area contributed by atoms with Crippen LogP contribution in [-0.4, -0.2) is 28.7 Å². The molecule has 0 aliphatic carbocycles. The second-order valence-corrected chi connectivity index (χ2v) is 7.31. The third-order valence-electron chi connectivity index (χ3n) is 4.18. The summed E-state index contributed by atoms with van der Waals surface area (Å²) in [7, 11) is 0. The normalized spacial score (nSPS) is 13.2. The Hall–Kier alpha value is -1.50. The minimum atomic E-state index is -0.369. The van der Waals surface area contributed by atoms with Gasteiger partial charge in [-0.25, -0.2) is 4.98 Å². The van der Waals surface area contributed by atoms with Crippen molar-refractivity contribution in [3.05, 3.63) is 42.3 Å². The number of halogens is 1. The molecule has 1 aromatic carbocycles. The van der Waals surface area contributed by atoms with Gasteiger partial charge in [0.2, 0.25) is 11.8 Å². The zero-order chi connectivity index (χ0) is 17.6. The zero-order valence-electron chi connectivity index (χ0n) is 14.8. The molecule has 2 rings (SSSR count). The summed E-state index contributed by atoms with van der Waals surface area (Å²) in [4.78, 5) is 16.6. The Balaban J connectivity index is 0.00000312. The van der Waals surface area contributed by atoms with Gasteiger partial charge in [0.15, 0.2) is 0 Å². The Kier molecular flexibility index (Phi) is 8.48. The topological polar surface area (TPSA) is 81.1 Å². The van der Waals surface area contributed by atoms with E-state index in [1.165, 1.54) is 11.8 Å². The first-order valence-corrected chi connectivity index (χ1v) is 9.18. The number of hydrogen-bond acceptors (Lipinski definition) is 5. The molecule has 0 radical (unpaired) electrons. The summed E-state index contributed by atoms with van der Waals surface area (Å²) in [6.07, 6.45) is 1.64. The molecular weight excluding hydrogens is 358 g/mol. The molecule has 0 bridgehead atoms. The summed E-state index contributed by atoms with van der Waals surface area (Å²) >= 11 is 1.51. The SMILES string of the molecule is CC(C)C(C)(CN)NC(=O)CSCc1coc(-c2ccccc2)n1.Cl. The van der Waals surface area contributed by atoms with Crippen molar-refractivity contribution < 1.29 is 9.21 Å². The van der Waals surface area contributed by atoms with E-state index in [0.717, 1.165) is 11.3 Å². The molecule has 1 aromatic heterocycles. The minimum Gasteiger partial charge on any atom is -0.444 e. The minimum absolute atomic E-state index is 0. The molecule has 0 aliphatic heterocycles. The van der Waals surface area contributed by atoms with Gasteiger partial charge >= 0.3 is 0 Å². The van der Waals surface area contributed by atoms with E-state index in [-0.39, 0.29) is 29.8 Å². The van der Waals surface area contributed by atoms with E-state index in [9.17, 15) is 4.79 Å². The number of carbonyl (C=O) groups is 1. The fourth-order valence-corrected chi connectivity index (χ4v) is 2.82. The lowest BCUT2D eigenvalue weighted by molar-refractivity contribution is -0.120. The first-order chi connectivity index (χ1) is 11.4. The van der Waals surface area contributed by atoms with E-state index in [0.29, 0.717) is 23.9 Å². The standard InChI is InChI=1S/C18H25N3O2S.ClH/c1-13(2)18(3,12-19)21-16(22)11-24-10-15-9-23-17(20-15)14-7-5-4-6-8-14;/h4-9,13H,10-12,19H2,1-3H3,(H,21,22);1H. The molecule has 0 spiro atoms. The number of benzene rings is 1. The molecule has 7 heteroatoms. The third kappa shape index (κ3) is 6.06. The highest BCUT2D eigenvalue weighted by molar-refractivity contribution is 7.99. The third-order valence-corrected chi connectivity index (χ3v) is 5.15. The number of rotatable bonds is 8. The lowest BCUT2D eigenvalue weighted by Gasteiger charge is -2.33. The van der Waals surface area contributed by atoms with Crippen molar-refractivity contribution in [1.82, 2.24) is 10.3 Å². The second-order valence-electron chi connectivity index (χ2n) is 6.33. The molecule has 1 atom stereocenters. The Morgan fingerprint density at radius 3 is 2.64 bits per heavy atom. The highest BCUT2D eigenvalue weighted by atomic mass is 35.5. The molecule has 1 heterocycles. The van der Waals surface area contributed by atoms with Crippen LogP contribution in [0.3, 0.4) is 0 Å². The summed E-state index contributed by atoms with van der Waals surface area (Å²) in [5.41, 5.74) is 7.20. The number of nitrogens with two attached hydrogens (primary N) is 1. The molecule has 2 aromatic rings. The summed E-state index contributed by atoms with van der Waals surface area (Å²) in [6.45, 7) is 6.51. The zero-order valence-corrected chi connectivity index (χ0v) is 16.5. The van der Waals surface area contributed by atoms with Crippen LogP contribution in [0.4, 0.5) is 0 Å². The van der Waals surface area contributed by atoms with Gasteiger partial charge in [0.1, 0.15) is 6.26 Å². The van der Waals surface area contributed by atoms with Gasteiger partial charge in [0.05, 0.1) is 17.0 Å². The van der Waals surface area contributed by atoms with Crippen LogP contribution in [0.15, 0.2) is 41.0 Å². The van der Waals surface area contributed by atoms with E-state index in [2.05, 4.69) is 24.1 Å². The van der Waals surface area contributed by atoms with Gasteiger partial charge in [-0.2, -0.15) is 0 Å². The molecule has 0 saturated heterocycles. The lowest BCUT2D eigenvalue weighted by Crippen LogP contribution is -2.55. The van der Waals surface area contributed by atoms with E-state index in [1.54, 1.807) is 6.26 Å². The molecule has 1 amide bonds. The summed E-state index contributed by atoms with van der Waals surface area (Å²) in [5.74, 6) is 1.88. The van der Waals surface area contributed by atoms with Crippen molar-refractivity contribution in [2.75, 3.05) is 12.3 Å². The van der Waals surface area contributed by atoms with Gasteiger partial charge in [-0.3, -0.25) is 4.79 Å². The highest BCUT2D eigenvalue weighted by Gasteiger charge is 2.28. The highest BCUT2D eigenvalue weighted by Crippen LogP contribution is 2.20. The predicted octanol–water partition coefficient (Wildman–Crippen LogP) is 3.49. The number of hydrogen-bond donors (Lipinski definition) is 2. The Morgan fingerprint density at radius 2 is 2.04 bits per heavy atom. The number of thioether (sulfide) groups is 1. The monoisotopic (exact) mass is 383 g/mol. The van der Waals surface area contributed by atoms with Crippen LogP contribution in [0.2, 0.25) is 0 Å². The molecule has 5 nitrogen and oxygen atoms in total. The lowest BCUT2D eigenvalue weighted by atomic mass is 9.88. The number of nitrogens with zero attached hydrogens (tertiary/aromatic N) is 1. The van der Waals surface area contributed by atoms with E-state index < -0.39 is 0 Å². The van der Waals surface area contributed by atoms with Gasteiger partial charge in [-0.05, 0) is 25.0 Å². The van der Waals surface area contributed by atoms with Crippen LogP contribution >= 0.6 is 24.2 Å². The largest absolute Gasteiger partial charge is 0.444 e. The predicted molar refractivity (Wildman–Crippen MR) is 106 cm³/mol. The first kappa shape index (κ1) is 21.5. The van der Waals surface area contributed by atoms with Gasteiger partial charge in [-0.15, -0.1) is 24.2 Å². The fraction of sp³-hybridized carbons (Fsp3) is 0.444. The van der Waals surface area contributed by atoms with Crippen molar-refractivity contribution in [2.24, 2.45) is 11.7 Å². The molecule has 138 valence electrons. The van der Waals surface area contributed by atoms with Crippen molar-refractivity contribution in [2.45, 2.75) is 32.1 Å². The number of carbonyl (C=O) groups excluding carboxylic acids is 1. The summed E-state index contributed by atoms with van der Waals surface area (Å²) in [5, 5.41) is 3.03. The number of nitrogens with one attached hydrogen (secondary N) is 1. The number of aromatic nitrogens is 1. The van der Waals surface area contributed by atoms with Crippen molar-refractivity contribution >= 4 is 30.1 Å². The molecule has 0 fully saturated rings. The van der Waals surface area contributed by atoms with Crippen LogP contribution in [0.1, 0.15) is 26.5 Å². The molecular formula is C18H26ClN3O2S. The first-order valence-electron chi connectivity index (χ1n) is 8.03. The Labute approximate surface area is 159 Å². The van der Waals surface area contributed by atoms with Crippen LogP contribution in [-0.2, 0) is 10.5 Å². The number of amides is 1. The smallest absolute Gasteiger partial charge is 0.230 e. The number of oxazole rings is 1. The fourth-order valence-electron chi connectivity index (χ4n) is 2.12. The molecule has 0 saturated carbocycles. The van der Waals surface area contributed by atoms with Crippen molar-refractivity contribution in [1.29, 1.82) is 0 Å². The summed E-state index contributed by atoms with van der Waals surface area (Å²) in [6, 6.07) is 9.75. The van der Waals surface area contributed by atoms with Crippen molar-refractivity contribution in [3.63, 3.8) is 0 Å². The van der Waals surface area contributed by atoms with E-state index in [1.807, 2.05) is 37.3 Å². The molecule has 25 heavy (non-hydrogen) atoms. The average Bonchev–Trinajstić information content (AvgIpc) is 3.04. The quantitative estimate of drug-likeness (QED) is 0.729. The Bertz CT molecular complexity index is 663. The van der Waals surface area contributed by atoms with Crippen LogP contribution in [0.5, 0.6) is 0 Å². The van der Waals surface area contributed by atoms with E-state index in [4.69, 9.17) is 10.2 Å². The van der Waals surface area contributed by atoms with Crippen LogP contribution in [0.25, 0.3) is 11.5 Å². The average molecular weight is 384 g/mol. The van der Waals surface area contributed by atoms with Crippen LogP contribution in [0, 0.1) is 5.92 Å². The van der Waals surface area contributed by atoms with Gasteiger partial charge in [0, 0.05) is 17.9 Å². The molecule has 0 aliphatic rings. The maximum absolute atomic E-state index is 12.1. The van der Waals surface area contributed by atoms with Gasteiger partial charge < -0.3 is 15.5 Å².